The average Bonchev–Trinajstić information content (AvgIpc) is 2.25. The van der Waals surface area contributed by atoms with Gasteiger partial charge in [0.1, 0.15) is 0 Å². The Kier molecular flexibility index (Phi) is 4.35. The monoisotopic (exact) mass is 205 g/mol. The van der Waals surface area contributed by atoms with Crippen LogP contribution in [0, 0.1) is 0 Å². The van der Waals surface area contributed by atoms with Gasteiger partial charge in [-0.05, 0) is 18.1 Å². The van der Waals surface area contributed by atoms with Gasteiger partial charge >= 0.3 is 0 Å². The number of amides is 1. The van der Waals surface area contributed by atoms with Crippen LogP contribution in [0.25, 0.3) is 0 Å². The summed E-state index contributed by atoms with van der Waals surface area (Å²) in [5.41, 5.74) is 2.05. The molecular formula is C13H19NO. The molecule has 1 aromatic carbocycles. The molecule has 2 nitrogen and oxygen atoms in total. The van der Waals surface area contributed by atoms with E-state index < -0.39 is 0 Å². The van der Waals surface area contributed by atoms with Crippen molar-refractivity contribution in [3.63, 3.8) is 0 Å². The molecule has 1 heterocycles. The molecule has 15 heavy (non-hydrogen) atoms. The standard InChI is InChI=1S/C10H11NO.C3H8/c1-11-7-6-8-4-2-3-5-9(8)10(11)12;1-3-2/h2-5H,6-7H2,1H3;3H2,1-2H3. The predicted octanol–water partition coefficient (Wildman–Crippen LogP) is 2.73. The number of rotatable bonds is 0. The molecular weight excluding hydrogens is 186 g/mol. The molecule has 0 fully saturated rings. The summed E-state index contributed by atoms with van der Waals surface area (Å²) in [7, 11) is 1.85. The van der Waals surface area contributed by atoms with Gasteiger partial charge in [-0.25, -0.2) is 0 Å². The smallest absolute Gasteiger partial charge is 0.253 e. The molecule has 0 aromatic heterocycles. The number of likely N-dealkylation sites (N-methyl/N-ethyl adjacent to an activating group) is 1. The summed E-state index contributed by atoms with van der Waals surface area (Å²) >= 11 is 0. The Morgan fingerprint density at radius 3 is 2.53 bits per heavy atom. The fourth-order valence-electron chi connectivity index (χ4n) is 1.54. The van der Waals surface area contributed by atoms with Crippen molar-refractivity contribution in [2.45, 2.75) is 26.7 Å². The van der Waals surface area contributed by atoms with Crippen LogP contribution in [0.5, 0.6) is 0 Å². The van der Waals surface area contributed by atoms with Crippen LogP contribution in [0.2, 0.25) is 0 Å². The Bertz CT molecular complexity index is 333. The normalized spacial score (nSPS) is 14.1. The van der Waals surface area contributed by atoms with Gasteiger partial charge in [0.15, 0.2) is 0 Å². The van der Waals surface area contributed by atoms with Crippen LogP contribution >= 0.6 is 0 Å². The lowest BCUT2D eigenvalue weighted by molar-refractivity contribution is 0.0781. The SMILES string of the molecule is CCC.CN1CCc2ccccc2C1=O. The van der Waals surface area contributed by atoms with Crippen molar-refractivity contribution in [2.24, 2.45) is 0 Å². The molecule has 0 bridgehead atoms. The van der Waals surface area contributed by atoms with Crippen LogP contribution in [0.15, 0.2) is 24.3 Å². The van der Waals surface area contributed by atoms with Crippen molar-refractivity contribution in [1.82, 2.24) is 4.90 Å². The fourth-order valence-corrected chi connectivity index (χ4v) is 1.54. The van der Waals surface area contributed by atoms with Gasteiger partial charge < -0.3 is 4.90 Å². The average molecular weight is 205 g/mol. The molecule has 82 valence electrons. The predicted molar refractivity (Wildman–Crippen MR) is 63.1 cm³/mol. The van der Waals surface area contributed by atoms with Crippen LogP contribution in [0.4, 0.5) is 0 Å². The number of hydrogen-bond acceptors (Lipinski definition) is 1. The number of hydrogen-bond donors (Lipinski definition) is 0. The Balaban J connectivity index is 0.000000337. The van der Waals surface area contributed by atoms with Gasteiger partial charge in [-0.1, -0.05) is 38.5 Å². The molecule has 0 saturated carbocycles. The summed E-state index contributed by atoms with van der Waals surface area (Å²) in [5.74, 6) is 0.150. The van der Waals surface area contributed by atoms with E-state index in [1.807, 2.05) is 31.3 Å². The van der Waals surface area contributed by atoms with Gasteiger partial charge in [0, 0.05) is 19.2 Å². The maximum Gasteiger partial charge on any atom is 0.253 e. The van der Waals surface area contributed by atoms with Crippen LogP contribution in [0.3, 0.4) is 0 Å². The first-order valence-electron chi connectivity index (χ1n) is 5.54. The fraction of sp³-hybridized carbons (Fsp3) is 0.462. The highest BCUT2D eigenvalue weighted by molar-refractivity contribution is 5.96. The zero-order valence-corrected chi connectivity index (χ0v) is 9.79. The van der Waals surface area contributed by atoms with E-state index in [-0.39, 0.29) is 5.91 Å². The highest BCUT2D eigenvalue weighted by Gasteiger charge is 2.19. The second kappa shape index (κ2) is 5.54. The van der Waals surface area contributed by atoms with Crippen LogP contribution < -0.4 is 0 Å². The third-order valence-electron chi connectivity index (χ3n) is 2.31. The first-order chi connectivity index (χ1) is 7.20. The third kappa shape index (κ3) is 2.82. The van der Waals surface area contributed by atoms with Crippen LogP contribution in [-0.2, 0) is 6.42 Å². The molecule has 0 saturated heterocycles. The maximum absolute atomic E-state index is 11.5. The molecule has 0 unspecified atom stereocenters. The largest absolute Gasteiger partial charge is 0.341 e. The highest BCUT2D eigenvalue weighted by atomic mass is 16.2. The van der Waals surface area contributed by atoms with Crippen LogP contribution in [0.1, 0.15) is 36.2 Å². The molecule has 0 spiro atoms. The molecule has 2 heteroatoms. The molecule has 0 atom stereocenters. The molecule has 0 N–H and O–H groups in total. The topological polar surface area (TPSA) is 20.3 Å². The van der Waals surface area contributed by atoms with Gasteiger partial charge in [-0.3, -0.25) is 4.79 Å². The molecule has 1 aliphatic heterocycles. The summed E-state index contributed by atoms with van der Waals surface area (Å²) in [5, 5.41) is 0. The first kappa shape index (κ1) is 11.8. The Labute approximate surface area is 91.9 Å². The number of fused-ring (bicyclic) bond motifs is 1. The minimum atomic E-state index is 0.150. The summed E-state index contributed by atoms with van der Waals surface area (Å²) in [6.45, 7) is 5.09. The van der Waals surface area contributed by atoms with E-state index >= 15 is 0 Å². The lowest BCUT2D eigenvalue weighted by Gasteiger charge is -2.24. The van der Waals surface area contributed by atoms with E-state index in [0.717, 1.165) is 18.5 Å². The van der Waals surface area contributed by atoms with E-state index in [1.54, 1.807) is 4.90 Å². The number of carbonyl (C=O) groups excluding carboxylic acids is 1. The van der Waals surface area contributed by atoms with Crippen molar-refractivity contribution in [1.29, 1.82) is 0 Å². The summed E-state index contributed by atoms with van der Waals surface area (Å²) in [6.07, 6.45) is 2.23. The summed E-state index contributed by atoms with van der Waals surface area (Å²) in [4.78, 5) is 13.3. The number of carbonyl (C=O) groups is 1. The van der Waals surface area contributed by atoms with Gasteiger partial charge in [0.05, 0.1) is 0 Å². The van der Waals surface area contributed by atoms with E-state index in [2.05, 4.69) is 13.8 Å². The first-order valence-corrected chi connectivity index (χ1v) is 5.54. The van der Waals surface area contributed by atoms with E-state index in [9.17, 15) is 4.79 Å². The summed E-state index contributed by atoms with van der Waals surface area (Å²) in [6, 6.07) is 7.82. The van der Waals surface area contributed by atoms with E-state index in [4.69, 9.17) is 0 Å². The lowest BCUT2D eigenvalue weighted by Crippen LogP contribution is -2.33. The second-order valence-corrected chi connectivity index (χ2v) is 3.84. The van der Waals surface area contributed by atoms with Crippen molar-refractivity contribution < 1.29 is 4.79 Å². The Hall–Kier alpha value is -1.31. The van der Waals surface area contributed by atoms with E-state index in [1.165, 1.54) is 12.0 Å². The van der Waals surface area contributed by atoms with Gasteiger partial charge in [-0.2, -0.15) is 0 Å². The molecule has 1 amide bonds. The minimum Gasteiger partial charge on any atom is -0.341 e. The van der Waals surface area contributed by atoms with Gasteiger partial charge in [0.2, 0.25) is 0 Å². The summed E-state index contributed by atoms with van der Waals surface area (Å²) < 4.78 is 0. The van der Waals surface area contributed by atoms with Crippen molar-refractivity contribution in [2.75, 3.05) is 13.6 Å². The van der Waals surface area contributed by atoms with Gasteiger partial charge in [0.25, 0.3) is 5.91 Å². The number of benzene rings is 1. The van der Waals surface area contributed by atoms with Gasteiger partial charge in [-0.15, -0.1) is 0 Å². The minimum absolute atomic E-state index is 0.150. The zero-order valence-electron chi connectivity index (χ0n) is 9.79. The molecule has 2 rings (SSSR count). The molecule has 1 aliphatic rings. The number of nitrogens with zero attached hydrogens (tertiary/aromatic N) is 1. The zero-order chi connectivity index (χ0) is 11.3. The quantitative estimate of drug-likeness (QED) is 0.637. The lowest BCUT2D eigenvalue weighted by atomic mass is 10.00. The van der Waals surface area contributed by atoms with Crippen LogP contribution in [-0.4, -0.2) is 24.4 Å². The Morgan fingerprint density at radius 1 is 1.27 bits per heavy atom. The molecule has 1 aromatic rings. The van der Waals surface area contributed by atoms with Crippen molar-refractivity contribution in [3.05, 3.63) is 35.4 Å². The molecule has 0 aliphatic carbocycles. The maximum atomic E-state index is 11.5. The highest BCUT2D eigenvalue weighted by Crippen LogP contribution is 2.16. The van der Waals surface area contributed by atoms with E-state index in [0.29, 0.717) is 0 Å². The Morgan fingerprint density at radius 2 is 1.87 bits per heavy atom. The van der Waals surface area contributed by atoms with Crippen molar-refractivity contribution >= 4 is 5.91 Å². The molecule has 0 radical (unpaired) electrons. The second-order valence-electron chi connectivity index (χ2n) is 3.84. The third-order valence-corrected chi connectivity index (χ3v) is 2.31. The van der Waals surface area contributed by atoms with Crippen molar-refractivity contribution in [3.8, 4) is 0 Å².